The zero-order valence-corrected chi connectivity index (χ0v) is 14.4. The van der Waals surface area contributed by atoms with Gasteiger partial charge in [0.2, 0.25) is 5.91 Å². The molecule has 0 aromatic heterocycles. The van der Waals surface area contributed by atoms with Crippen LogP contribution in [0.5, 0.6) is 0 Å². The van der Waals surface area contributed by atoms with Crippen molar-refractivity contribution >= 4 is 31.7 Å². The molecule has 2 fully saturated rings. The van der Waals surface area contributed by atoms with Crippen LogP contribution in [0.3, 0.4) is 0 Å². The lowest BCUT2D eigenvalue weighted by Crippen LogP contribution is -2.56. The third kappa shape index (κ3) is 3.56. The first-order valence-electron chi connectivity index (χ1n) is 7.48. The predicted molar refractivity (Wildman–Crippen MR) is 83.7 cm³/mol. The number of halogens is 1. The topological polar surface area (TPSA) is 63.2 Å². The number of rotatable bonds is 3. The van der Waals surface area contributed by atoms with Crippen molar-refractivity contribution in [2.75, 3.05) is 11.1 Å². The summed E-state index contributed by atoms with van der Waals surface area (Å²) in [5, 5.41) is 2.94. The number of alkyl halides is 1. The van der Waals surface area contributed by atoms with Crippen LogP contribution in [-0.4, -0.2) is 36.2 Å². The van der Waals surface area contributed by atoms with Gasteiger partial charge in [-0.15, -0.1) is 0 Å². The Morgan fingerprint density at radius 2 is 2.05 bits per heavy atom. The number of hydrogen-bond donors (Lipinski definition) is 1. The summed E-state index contributed by atoms with van der Waals surface area (Å²) < 4.78 is 24.1. The van der Waals surface area contributed by atoms with Gasteiger partial charge in [-0.2, -0.15) is 0 Å². The summed E-state index contributed by atoms with van der Waals surface area (Å²) in [6.07, 6.45) is 6.12. The fourth-order valence-corrected chi connectivity index (χ4v) is 5.97. The van der Waals surface area contributed by atoms with E-state index in [2.05, 4.69) is 28.2 Å². The Kier molecular flexibility index (Phi) is 5.16. The number of hydrogen-bond acceptors (Lipinski definition) is 3. The Bertz CT molecular complexity index is 465. The number of sulfone groups is 1. The van der Waals surface area contributed by atoms with Crippen molar-refractivity contribution in [2.24, 2.45) is 5.92 Å². The smallest absolute Gasteiger partial charge is 0.238 e. The van der Waals surface area contributed by atoms with Gasteiger partial charge in [-0.3, -0.25) is 4.79 Å². The molecule has 116 valence electrons. The zero-order chi connectivity index (χ0) is 14.8. The van der Waals surface area contributed by atoms with Gasteiger partial charge in [-0.1, -0.05) is 42.1 Å². The molecule has 1 saturated heterocycles. The first-order valence-corrected chi connectivity index (χ1v) is 10.3. The molecule has 2 aliphatic rings. The van der Waals surface area contributed by atoms with Crippen LogP contribution in [0.25, 0.3) is 0 Å². The molecule has 6 heteroatoms. The average Bonchev–Trinajstić information content (AvgIpc) is 2.38. The van der Waals surface area contributed by atoms with Gasteiger partial charge in [0.15, 0.2) is 9.84 Å². The molecular weight excluding hydrogens is 342 g/mol. The summed E-state index contributed by atoms with van der Waals surface area (Å²) in [6, 6.07) is 0. The van der Waals surface area contributed by atoms with Crippen LogP contribution < -0.4 is 5.32 Å². The van der Waals surface area contributed by atoms with Gasteiger partial charge < -0.3 is 5.32 Å². The highest BCUT2D eigenvalue weighted by Crippen LogP contribution is 2.34. The quantitative estimate of drug-likeness (QED) is 0.781. The summed E-state index contributed by atoms with van der Waals surface area (Å²) in [5.41, 5.74) is -0.262. The molecule has 1 aliphatic carbocycles. The van der Waals surface area contributed by atoms with Crippen molar-refractivity contribution in [1.82, 2.24) is 5.32 Å². The predicted octanol–water partition coefficient (Wildman–Crippen LogP) is 2.41. The highest BCUT2D eigenvalue weighted by Gasteiger charge is 2.41. The van der Waals surface area contributed by atoms with Gasteiger partial charge in [0.05, 0.1) is 5.75 Å². The molecule has 3 atom stereocenters. The van der Waals surface area contributed by atoms with Gasteiger partial charge in [0.25, 0.3) is 0 Å². The standard InChI is InChI=1S/C14H24BrNO3S/c1-11-5-4-7-14(9-11,10-15)16-13(17)12-6-2-3-8-20(12,18)19/h11-12H,2-10H2,1H3,(H,16,17). The summed E-state index contributed by atoms with van der Waals surface area (Å²) in [6.45, 7) is 2.19. The average molecular weight is 366 g/mol. The van der Waals surface area contributed by atoms with Crippen molar-refractivity contribution < 1.29 is 13.2 Å². The minimum Gasteiger partial charge on any atom is -0.349 e. The van der Waals surface area contributed by atoms with Crippen molar-refractivity contribution in [3.63, 3.8) is 0 Å². The third-order valence-corrected chi connectivity index (χ3v) is 7.85. The van der Waals surface area contributed by atoms with E-state index in [1.807, 2.05) is 0 Å². The molecule has 1 amide bonds. The largest absolute Gasteiger partial charge is 0.349 e. The first-order chi connectivity index (χ1) is 9.38. The van der Waals surface area contributed by atoms with E-state index in [1.165, 1.54) is 6.42 Å². The minimum absolute atomic E-state index is 0.156. The second kappa shape index (κ2) is 6.34. The molecular formula is C14H24BrNO3S. The molecule has 2 rings (SSSR count). The second-order valence-corrected chi connectivity index (χ2v) is 9.32. The molecule has 1 heterocycles. The molecule has 0 aromatic carbocycles. The zero-order valence-electron chi connectivity index (χ0n) is 12.0. The SMILES string of the molecule is CC1CCCC(CBr)(NC(=O)C2CCCCS2(=O)=O)C1. The number of carbonyl (C=O) groups excluding carboxylic acids is 1. The Labute approximate surface area is 130 Å². The lowest BCUT2D eigenvalue weighted by atomic mass is 9.77. The molecule has 20 heavy (non-hydrogen) atoms. The van der Waals surface area contributed by atoms with Crippen molar-refractivity contribution in [3.8, 4) is 0 Å². The Morgan fingerprint density at radius 1 is 1.30 bits per heavy atom. The Balaban J connectivity index is 2.09. The Hall–Kier alpha value is -0.100. The first kappa shape index (κ1) is 16.3. The van der Waals surface area contributed by atoms with Crippen LogP contribution in [0.15, 0.2) is 0 Å². The molecule has 0 spiro atoms. The molecule has 1 saturated carbocycles. The van der Waals surface area contributed by atoms with E-state index in [0.717, 1.165) is 25.7 Å². The molecule has 0 aromatic rings. The van der Waals surface area contributed by atoms with E-state index in [-0.39, 0.29) is 17.2 Å². The van der Waals surface area contributed by atoms with E-state index in [4.69, 9.17) is 0 Å². The summed E-state index contributed by atoms with van der Waals surface area (Å²) >= 11 is 3.51. The summed E-state index contributed by atoms with van der Waals surface area (Å²) in [5.74, 6) is 0.450. The highest BCUT2D eigenvalue weighted by atomic mass is 79.9. The maximum absolute atomic E-state index is 12.4. The monoisotopic (exact) mass is 365 g/mol. The Morgan fingerprint density at radius 3 is 2.65 bits per heavy atom. The van der Waals surface area contributed by atoms with E-state index in [1.54, 1.807) is 0 Å². The molecule has 1 N–H and O–H groups in total. The van der Waals surface area contributed by atoms with E-state index in [0.29, 0.717) is 24.1 Å². The van der Waals surface area contributed by atoms with Gasteiger partial charge in [-0.05, 0) is 31.6 Å². The molecule has 3 unspecified atom stereocenters. The van der Waals surface area contributed by atoms with Crippen LogP contribution in [0.4, 0.5) is 0 Å². The third-order valence-electron chi connectivity index (χ3n) is 4.61. The summed E-state index contributed by atoms with van der Waals surface area (Å²) in [4.78, 5) is 12.4. The number of carbonyl (C=O) groups is 1. The van der Waals surface area contributed by atoms with Crippen molar-refractivity contribution in [3.05, 3.63) is 0 Å². The second-order valence-electron chi connectivity index (χ2n) is 6.46. The number of amides is 1. The van der Waals surface area contributed by atoms with Crippen LogP contribution in [0, 0.1) is 5.92 Å². The number of nitrogens with one attached hydrogen (secondary N) is 1. The highest BCUT2D eigenvalue weighted by molar-refractivity contribution is 9.09. The van der Waals surface area contributed by atoms with Crippen LogP contribution in [-0.2, 0) is 14.6 Å². The fraction of sp³-hybridized carbons (Fsp3) is 0.929. The molecule has 0 bridgehead atoms. The van der Waals surface area contributed by atoms with Crippen molar-refractivity contribution in [2.45, 2.75) is 62.7 Å². The van der Waals surface area contributed by atoms with Gasteiger partial charge in [0, 0.05) is 10.9 Å². The normalized spacial score (nSPS) is 37.3. The van der Waals surface area contributed by atoms with E-state index >= 15 is 0 Å². The molecule has 4 nitrogen and oxygen atoms in total. The van der Waals surface area contributed by atoms with Gasteiger partial charge >= 0.3 is 0 Å². The van der Waals surface area contributed by atoms with E-state index < -0.39 is 15.1 Å². The van der Waals surface area contributed by atoms with E-state index in [9.17, 15) is 13.2 Å². The maximum atomic E-state index is 12.4. The lowest BCUT2D eigenvalue weighted by molar-refractivity contribution is -0.123. The van der Waals surface area contributed by atoms with Crippen LogP contribution >= 0.6 is 15.9 Å². The fourth-order valence-electron chi connectivity index (χ4n) is 3.52. The van der Waals surface area contributed by atoms with Gasteiger partial charge in [0.1, 0.15) is 5.25 Å². The maximum Gasteiger partial charge on any atom is 0.238 e. The molecule has 0 radical (unpaired) electrons. The van der Waals surface area contributed by atoms with Crippen LogP contribution in [0.2, 0.25) is 0 Å². The lowest BCUT2D eigenvalue weighted by Gasteiger charge is -2.40. The summed E-state index contributed by atoms with van der Waals surface area (Å²) in [7, 11) is -3.25. The van der Waals surface area contributed by atoms with Crippen LogP contribution in [0.1, 0.15) is 51.9 Å². The minimum atomic E-state index is -3.25. The van der Waals surface area contributed by atoms with Gasteiger partial charge in [-0.25, -0.2) is 8.42 Å². The molecule has 1 aliphatic heterocycles. The van der Waals surface area contributed by atoms with Crippen molar-refractivity contribution in [1.29, 1.82) is 0 Å².